The fourth-order valence-electron chi connectivity index (χ4n) is 7.20. The van der Waals surface area contributed by atoms with Crippen LogP contribution < -0.4 is 31.0 Å². The van der Waals surface area contributed by atoms with Gasteiger partial charge >= 0.3 is 0 Å². The first-order valence-corrected chi connectivity index (χ1v) is 22.8. The number of hydrogen-bond donors (Lipinski definition) is 1. The lowest BCUT2D eigenvalue weighted by Crippen LogP contribution is -2.69. The van der Waals surface area contributed by atoms with Gasteiger partial charge in [-0.05, 0) is 37.1 Å². The van der Waals surface area contributed by atoms with E-state index < -0.39 is 23.6 Å². The van der Waals surface area contributed by atoms with Crippen LogP contribution in [0.4, 0.5) is 5.13 Å². The molecule has 0 radical (unpaired) electrons. The minimum Gasteiger partial charge on any atom is -0.391 e. The molecule has 0 aliphatic carbocycles. The predicted molar refractivity (Wildman–Crippen MR) is 221 cm³/mol. The Labute approximate surface area is 317 Å². The van der Waals surface area contributed by atoms with Crippen LogP contribution in [0.1, 0.15) is 65.9 Å². The predicted octanol–water partition coefficient (Wildman–Crippen LogP) is 6.79. The number of anilines is 1. The van der Waals surface area contributed by atoms with Crippen molar-refractivity contribution in [2.45, 2.75) is 72.9 Å². The molecule has 1 aromatic heterocycles. The Balaban J connectivity index is 1.27. The Morgan fingerprint density at radius 3 is 1.73 bits per heavy atom. The third-order valence-electron chi connectivity index (χ3n) is 10.2. The fourth-order valence-corrected chi connectivity index (χ4v) is 15.2. The van der Waals surface area contributed by atoms with Crippen LogP contribution in [-0.2, 0) is 8.85 Å². The zero-order chi connectivity index (χ0) is 37.1. The van der Waals surface area contributed by atoms with Gasteiger partial charge in [-0.15, -0.1) is 11.3 Å². The quantitative estimate of drug-likeness (QED) is 0.113. The lowest BCUT2D eigenvalue weighted by molar-refractivity contribution is 0.00493. The van der Waals surface area contributed by atoms with Crippen molar-refractivity contribution in [3.8, 4) is 0 Å². The van der Waals surface area contributed by atoms with Crippen molar-refractivity contribution in [1.82, 2.24) is 10.3 Å². The van der Waals surface area contributed by atoms with Gasteiger partial charge in [0.2, 0.25) is 9.04 Å². The maximum absolute atomic E-state index is 14.1. The van der Waals surface area contributed by atoms with Crippen molar-refractivity contribution >= 4 is 60.5 Å². The molecule has 0 saturated carbocycles. The van der Waals surface area contributed by atoms with E-state index in [0.29, 0.717) is 11.6 Å². The molecule has 52 heavy (non-hydrogen) atoms. The fraction of sp³-hybridized carbons (Fsp3) is 0.349. The third-order valence-corrected chi connectivity index (χ3v) is 18.6. The van der Waals surface area contributed by atoms with E-state index in [4.69, 9.17) is 13.8 Å². The molecule has 1 aliphatic rings. The van der Waals surface area contributed by atoms with Gasteiger partial charge in [0.1, 0.15) is 18.1 Å². The van der Waals surface area contributed by atoms with E-state index in [-0.39, 0.29) is 28.5 Å². The number of rotatable bonds is 12. The molecule has 1 aliphatic heterocycles. The number of thiazole rings is 1. The first-order valence-electron chi connectivity index (χ1n) is 18.4. The summed E-state index contributed by atoms with van der Waals surface area (Å²) in [5, 5.41) is 10.6. The summed E-state index contributed by atoms with van der Waals surface area (Å²) >= 11 is 1.50. The van der Waals surface area contributed by atoms with Crippen molar-refractivity contribution in [1.29, 1.82) is 0 Å². The van der Waals surface area contributed by atoms with E-state index in [0.717, 1.165) is 11.7 Å². The van der Waals surface area contributed by atoms with Gasteiger partial charge in [-0.3, -0.25) is 4.79 Å². The third kappa shape index (κ3) is 7.89. The summed E-state index contributed by atoms with van der Waals surface area (Å²) in [6.07, 6.45) is -0.682. The zero-order valence-electron chi connectivity index (χ0n) is 31.7. The van der Waals surface area contributed by atoms with Crippen LogP contribution in [0.5, 0.6) is 0 Å². The van der Waals surface area contributed by atoms with Crippen LogP contribution in [-0.4, -0.2) is 47.2 Å². The minimum atomic E-state index is -2.91. The SMILES string of the molecule is CC(C)[C@@H](NC(=O)c1csc(N2CC(C(C)(C)C)C2O[SiH](c2ccccc2)c2ccccc2)n1)O[Si](c1ccccc1)(c1ccccc1)C(C)(C)C. The van der Waals surface area contributed by atoms with Gasteiger partial charge in [-0.2, -0.15) is 0 Å². The minimum absolute atomic E-state index is 0.0160. The molecule has 1 amide bonds. The lowest BCUT2D eigenvalue weighted by atomic mass is 9.74. The van der Waals surface area contributed by atoms with E-state index >= 15 is 0 Å². The molecule has 6 rings (SSSR count). The molecule has 1 fully saturated rings. The summed E-state index contributed by atoms with van der Waals surface area (Å²) < 4.78 is 14.6. The molecule has 272 valence electrons. The molecule has 2 unspecified atom stereocenters. The highest BCUT2D eigenvalue weighted by Crippen LogP contribution is 2.43. The summed E-state index contributed by atoms with van der Waals surface area (Å²) in [7, 11) is -4.95. The molecule has 3 atom stereocenters. The average Bonchev–Trinajstić information content (AvgIpc) is 3.60. The molecular formula is C43H53N3O3SSi2. The van der Waals surface area contributed by atoms with Crippen LogP contribution >= 0.6 is 11.3 Å². The Morgan fingerprint density at radius 1 is 0.808 bits per heavy atom. The molecule has 1 saturated heterocycles. The smallest absolute Gasteiger partial charge is 0.272 e. The topological polar surface area (TPSA) is 63.7 Å². The van der Waals surface area contributed by atoms with Crippen LogP contribution in [0.2, 0.25) is 5.04 Å². The molecule has 6 nitrogen and oxygen atoms in total. The van der Waals surface area contributed by atoms with Crippen LogP contribution in [0, 0.1) is 17.3 Å². The Kier molecular flexibility index (Phi) is 11.4. The van der Waals surface area contributed by atoms with Gasteiger partial charge < -0.3 is 19.1 Å². The highest BCUT2D eigenvalue weighted by atomic mass is 32.1. The summed E-state index contributed by atoms with van der Waals surface area (Å²) in [4.78, 5) is 21.3. The zero-order valence-corrected chi connectivity index (χ0v) is 34.7. The number of amides is 1. The number of carbonyl (C=O) groups excluding carboxylic acids is 1. The van der Waals surface area contributed by atoms with Crippen LogP contribution in [0.15, 0.2) is 127 Å². The summed E-state index contributed by atoms with van der Waals surface area (Å²) in [6, 6.07) is 42.3. The Morgan fingerprint density at radius 2 is 1.29 bits per heavy atom. The van der Waals surface area contributed by atoms with Crippen molar-refractivity contribution in [3.63, 3.8) is 0 Å². The molecular weight excluding hydrogens is 695 g/mol. The monoisotopic (exact) mass is 747 g/mol. The van der Waals surface area contributed by atoms with E-state index in [9.17, 15) is 4.79 Å². The normalized spacial score (nSPS) is 17.2. The molecule has 0 spiro atoms. The molecule has 9 heteroatoms. The van der Waals surface area contributed by atoms with E-state index in [1.165, 1.54) is 32.1 Å². The van der Waals surface area contributed by atoms with Gasteiger partial charge in [0.25, 0.3) is 14.2 Å². The summed E-state index contributed by atoms with van der Waals surface area (Å²) in [5.41, 5.74) is 0.433. The average molecular weight is 748 g/mol. The van der Waals surface area contributed by atoms with Crippen molar-refractivity contribution < 1.29 is 13.6 Å². The Bertz CT molecular complexity index is 1820. The van der Waals surface area contributed by atoms with Gasteiger partial charge in [0, 0.05) is 17.8 Å². The van der Waals surface area contributed by atoms with E-state index in [2.05, 4.69) is 175 Å². The number of benzene rings is 4. The molecule has 2 heterocycles. The largest absolute Gasteiger partial charge is 0.391 e. The van der Waals surface area contributed by atoms with E-state index in [1.807, 2.05) is 17.5 Å². The number of aromatic nitrogens is 1. The number of nitrogens with zero attached hydrogens (tertiary/aromatic N) is 2. The second-order valence-electron chi connectivity index (χ2n) is 16.3. The Hall–Kier alpha value is -3.87. The standard InChI is InChI=1S/C43H53N3O3SSi2/c1-31(2)39(49-52(43(6,7)8,34-25-17-11-18-26-34)35-27-19-12-20-28-35)45-38(47)37-30-50-41(44-37)46-29-36(42(3,4)5)40(46)48-51(32-21-13-9-14-22-32)33-23-15-10-16-24-33/h9-28,30-31,36,39-40,51H,29H2,1-8H3,(H,45,47)/t36?,39-,40?/m0/s1. The van der Waals surface area contributed by atoms with Crippen molar-refractivity contribution in [2.75, 3.05) is 11.4 Å². The van der Waals surface area contributed by atoms with Crippen LogP contribution in [0.25, 0.3) is 0 Å². The number of hydrogen-bond acceptors (Lipinski definition) is 6. The second-order valence-corrected chi connectivity index (χ2v) is 23.7. The van der Waals surface area contributed by atoms with Crippen molar-refractivity contribution in [2.24, 2.45) is 17.3 Å². The van der Waals surface area contributed by atoms with Gasteiger partial charge in [0.05, 0.1) is 0 Å². The lowest BCUT2D eigenvalue weighted by Gasteiger charge is -2.54. The van der Waals surface area contributed by atoms with Gasteiger partial charge in [0.15, 0.2) is 5.13 Å². The highest BCUT2D eigenvalue weighted by molar-refractivity contribution is 7.14. The number of nitrogens with one attached hydrogen (secondary N) is 1. The maximum atomic E-state index is 14.1. The first kappa shape index (κ1) is 37.9. The molecule has 4 aromatic carbocycles. The maximum Gasteiger partial charge on any atom is 0.272 e. The molecule has 0 bridgehead atoms. The number of carbonyl (C=O) groups is 1. The van der Waals surface area contributed by atoms with Crippen molar-refractivity contribution in [3.05, 3.63) is 132 Å². The first-order chi connectivity index (χ1) is 24.8. The summed E-state index contributed by atoms with van der Waals surface area (Å²) in [5.74, 6) is 0.0915. The highest BCUT2D eigenvalue weighted by Gasteiger charge is 2.52. The summed E-state index contributed by atoms with van der Waals surface area (Å²) in [6.45, 7) is 18.6. The van der Waals surface area contributed by atoms with E-state index in [1.54, 1.807) is 0 Å². The van der Waals surface area contributed by atoms with Gasteiger partial charge in [-0.1, -0.05) is 177 Å². The van der Waals surface area contributed by atoms with Gasteiger partial charge in [-0.25, -0.2) is 4.98 Å². The molecule has 5 aromatic rings. The second kappa shape index (κ2) is 15.6. The molecule has 1 N–H and O–H groups in total. The van der Waals surface area contributed by atoms with Crippen LogP contribution in [0.3, 0.4) is 0 Å².